The van der Waals surface area contributed by atoms with E-state index in [0.717, 1.165) is 12.1 Å². The van der Waals surface area contributed by atoms with Gasteiger partial charge in [0.05, 0.1) is 5.56 Å². The van der Waals surface area contributed by atoms with Gasteiger partial charge in [-0.15, -0.1) is 0 Å². The normalized spacial score (nSPS) is 15.9. The zero-order valence-corrected chi connectivity index (χ0v) is 14.5. The largest absolute Gasteiger partial charge is 0.416 e. The van der Waals surface area contributed by atoms with E-state index in [1.165, 1.54) is 12.1 Å². The summed E-state index contributed by atoms with van der Waals surface area (Å²) in [5.41, 5.74) is -0.919. The molecule has 25 heavy (non-hydrogen) atoms. The number of urea groups is 1. The molecular weight excluding hydrogens is 335 g/mol. The molecule has 138 valence electrons. The predicted molar refractivity (Wildman–Crippen MR) is 87.2 cm³/mol. The zero-order valence-electron chi connectivity index (χ0n) is 14.5. The van der Waals surface area contributed by atoms with Crippen LogP contribution in [0.3, 0.4) is 0 Å². The monoisotopic (exact) mass is 357 g/mol. The molecule has 1 aromatic carbocycles. The van der Waals surface area contributed by atoms with Crippen LogP contribution in [-0.2, 0) is 6.18 Å². The molecule has 5 nitrogen and oxygen atoms in total. The number of hydrogen-bond donors (Lipinski definition) is 1. The fourth-order valence-electron chi connectivity index (χ4n) is 2.50. The standard InChI is InChI=1S/C17H22F3N3O2/c1-16(2,3)21-15(25)23-10-8-22(9-11-23)14(24)12-4-6-13(7-5-12)17(18,19)20/h4-7H,8-11H2,1-3H3,(H,21,25). The summed E-state index contributed by atoms with van der Waals surface area (Å²) in [6.45, 7) is 7.11. The van der Waals surface area contributed by atoms with Crippen LogP contribution >= 0.6 is 0 Å². The highest BCUT2D eigenvalue weighted by atomic mass is 19.4. The molecule has 1 aliphatic rings. The van der Waals surface area contributed by atoms with Gasteiger partial charge in [0, 0.05) is 37.3 Å². The summed E-state index contributed by atoms with van der Waals surface area (Å²) in [6.07, 6.45) is -4.42. The number of carbonyl (C=O) groups is 2. The van der Waals surface area contributed by atoms with Crippen molar-refractivity contribution in [3.8, 4) is 0 Å². The van der Waals surface area contributed by atoms with Crippen molar-refractivity contribution < 1.29 is 22.8 Å². The molecule has 0 aromatic heterocycles. The fourth-order valence-corrected chi connectivity index (χ4v) is 2.50. The summed E-state index contributed by atoms with van der Waals surface area (Å²) in [7, 11) is 0. The highest BCUT2D eigenvalue weighted by Crippen LogP contribution is 2.29. The number of benzene rings is 1. The van der Waals surface area contributed by atoms with Crippen LogP contribution in [0.1, 0.15) is 36.7 Å². The third kappa shape index (κ3) is 5.11. The lowest BCUT2D eigenvalue weighted by molar-refractivity contribution is -0.137. The third-order valence-corrected chi connectivity index (χ3v) is 3.80. The molecule has 1 N–H and O–H groups in total. The SMILES string of the molecule is CC(C)(C)NC(=O)N1CCN(C(=O)c2ccc(C(F)(F)F)cc2)CC1. The first-order valence-corrected chi connectivity index (χ1v) is 8.01. The Kier molecular flexibility index (Phi) is 5.29. The summed E-state index contributed by atoms with van der Waals surface area (Å²) >= 11 is 0. The van der Waals surface area contributed by atoms with Crippen molar-refractivity contribution in [3.63, 3.8) is 0 Å². The topological polar surface area (TPSA) is 52.7 Å². The average molecular weight is 357 g/mol. The van der Waals surface area contributed by atoms with Crippen LogP contribution in [-0.4, -0.2) is 53.5 Å². The van der Waals surface area contributed by atoms with Crippen molar-refractivity contribution in [2.24, 2.45) is 0 Å². The number of nitrogens with one attached hydrogen (secondary N) is 1. The van der Waals surface area contributed by atoms with E-state index in [1.54, 1.807) is 9.80 Å². The third-order valence-electron chi connectivity index (χ3n) is 3.80. The lowest BCUT2D eigenvalue weighted by Crippen LogP contribution is -2.56. The van der Waals surface area contributed by atoms with Crippen LogP contribution in [0.5, 0.6) is 0 Å². The first-order chi connectivity index (χ1) is 11.5. The first kappa shape index (κ1) is 19.1. The second-order valence-electron chi connectivity index (χ2n) is 7.03. The van der Waals surface area contributed by atoms with Gasteiger partial charge < -0.3 is 15.1 Å². The Bertz CT molecular complexity index is 628. The number of amides is 3. The van der Waals surface area contributed by atoms with E-state index in [0.29, 0.717) is 26.2 Å². The van der Waals surface area contributed by atoms with E-state index in [2.05, 4.69) is 5.32 Å². The van der Waals surface area contributed by atoms with Gasteiger partial charge >= 0.3 is 12.2 Å². The van der Waals surface area contributed by atoms with E-state index in [4.69, 9.17) is 0 Å². The quantitative estimate of drug-likeness (QED) is 0.840. The minimum atomic E-state index is -4.42. The fraction of sp³-hybridized carbons (Fsp3) is 0.529. The number of alkyl halides is 3. The maximum atomic E-state index is 12.6. The number of halogens is 3. The molecule has 0 saturated carbocycles. The maximum Gasteiger partial charge on any atom is 0.416 e. The van der Waals surface area contributed by atoms with Crippen LogP contribution in [0, 0.1) is 0 Å². The van der Waals surface area contributed by atoms with Gasteiger partial charge in [0.2, 0.25) is 0 Å². The van der Waals surface area contributed by atoms with E-state index < -0.39 is 11.7 Å². The Hall–Kier alpha value is -2.25. The Morgan fingerprint density at radius 3 is 1.84 bits per heavy atom. The Balaban J connectivity index is 1.94. The van der Waals surface area contributed by atoms with E-state index in [9.17, 15) is 22.8 Å². The van der Waals surface area contributed by atoms with Gasteiger partial charge in [-0.2, -0.15) is 13.2 Å². The van der Waals surface area contributed by atoms with Crippen molar-refractivity contribution >= 4 is 11.9 Å². The summed E-state index contributed by atoms with van der Waals surface area (Å²) in [6, 6.07) is 3.99. The van der Waals surface area contributed by atoms with Crippen molar-refractivity contribution in [1.82, 2.24) is 15.1 Å². The molecule has 1 aliphatic heterocycles. The van der Waals surface area contributed by atoms with E-state index in [-0.39, 0.29) is 23.0 Å². The summed E-state index contributed by atoms with van der Waals surface area (Å²) < 4.78 is 37.7. The van der Waals surface area contributed by atoms with Gasteiger partial charge in [0.25, 0.3) is 5.91 Å². The molecule has 1 heterocycles. The van der Waals surface area contributed by atoms with Gasteiger partial charge in [-0.25, -0.2) is 4.79 Å². The van der Waals surface area contributed by atoms with Gasteiger partial charge in [-0.1, -0.05) is 0 Å². The summed E-state index contributed by atoms with van der Waals surface area (Å²) in [4.78, 5) is 27.7. The second-order valence-corrected chi connectivity index (χ2v) is 7.03. The van der Waals surface area contributed by atoms with Crippen LogP contribution in [0.15, 0.2) is 24.3 Å². The van der Waals surface area contributed by atoms with Gasteiger partial charge in [-0.05, 0) is 45.0 Å². The van der Waals surface area contributed by atoms with Crippen LogP contribution < -0.4 is 5.32 Å². The highest BCUT2D eigenvalue weighted by Gasteiger charge is 2.31. The minimum absolute atomic E-state index is 0.186. The number of rotatable bonds is 1. The lowest BCUT2D eigenvalue weighted by Gasteiger charge is -2.36. The maximum absolute atomic E-state index is 12.6. The molecule has 0 radical (unpaired) electrons. The molecule has 0 unspecified atom stereocenters. The number of nitrogens with zero attached hydrogens (tertiary/aromatic N) is 2. The number of carbonyl (C=O) groups excluding carboxylic acids is 2. The lowest BCUT2D eigenvalue weighted by atomic mass is 10.1. The zero-order chi connectivity index (χ0) is 18.8. The molecule has 0 spiro atoms. The van der Waals surface area contributed by atoms with Gasteiger partial charge in [-0.3, -0.25) is 4.79 Å². The summed E-state index contributed by atoms with van der Waals surface area (Å²) in [5, 5.41) is 2.86. The van der Waals surface area contributed by atoms with Crippen molar-refractivity contribution in [2.75, 3.05) is 26.2 Å². The Morgan fingerprint density at radius 1 is 0.920 bits per heavy atom. The molecule has 0 bridgehead atoms. The van der Waals surface area contributed by atoms with Crippen molar-refractivity contribution in [2.45, 2.75) is 32.5 Å². The minimum Gasteiger partial charge on any atom is -0.335 e. The molecule has 2 rings (SSSR count). The average Bonchev–Trinajstić information content (AvgIpc) is 2.52. The molecule has 0 atom stereocenters. The molecular formula is C17H22F3N3O2. The molecule has 1 aromatic rings. The Morgan fingerprint density at radius 2 is 1.40 bits per heavy atom. The van der Waals surface area contributed by atoms with Gasteiger partial charge in [0.1, 0.15) is 0 Å². The van der Waals surface area contributed by atoms with Crippen LogP contribution in [0.25, 0.3) is 0 Å². The van der Waals surface area contributed by atoms with E-state index in [1.807, 2.05) is 20.8 Å². The number of hydrogen-bond acceptors (Lipinski definition) is 2. The smallest absolute Gasteiger partial charge is 0.335 e. The highest BCUT2D eigenvalue weighted by molar-refractivity contribution is 5.94. The molecule has 1 fully saturated rings. The second kappa shape index (κ2) is 6.93. The first-order valence-electron chi connectivity index (χ1n) is 8.01. The molecule has 8 heteroatoms. The Labute approximate surface area is 144 Å². The molecule has 0 aliphatic carbocycles. The molecule has 1 saturated heterocycles. The molecule has 3 amide bonds. The van der Waals surface area contributed by atoms with Crippen LogP contribution in [0.4, 0.5) is 18.0 Å². The number of piperazine rings is 1. The van der Waals surface area contributed by atoms with Gasteiger partial charge in [0.15, 0.2) is 0 Å². The van der Waals surface area contributed by atoms with Crippen molar-refractivity contribution in [1.29, 1.82) is 0 Å². The van der Waals surface area contributed by atoms with Crippen molar-refractivity contribution in [3.05, 3.63) is 35.4 Å². The predicted octanol–water partition coefficient (Wildman–Crippen LogP) is 2.97. The van der Waals surface area contributed by atoms with Crippen LogP contribution in [0.2, 0.25) is 0 Å². The summed E-state index contributed by atoms with van der Waals surface area (Å²) in [5.74, 6) is -0.329. The van der Waals surface area contributed by atoms with E-state index >= 15 is 0 Å².